The largest absolute Gasteiger partial charge is 0.365 e. The van der Waals surface area contributed by atoms with Crippen molar-refractivity contribution in [2.24, 2.45) is 5.73 Å². The average molecular weight is 290 g/mol. The summed E-state index contributed by atoms with van der Waals surface area (Å²) in [7, 11) is 0. The molecule has 0 aliphatic carbocycles. The van der Waals surface area contributed by atoms with Crippen LogP contribution in [0.3, 0.4) is 0 Å². The van der Waals surface area contributed by atoms with Gasteiger partial charge in [0, 0.05) is 6.20 Å². The molecule has 1 amide bonds. The quantitative estimate of drug-likeness (QED) is 0.896. The molecule has 0 fully saturated rings. The molecule has 1 aromatic carbocycles. The third-order valence-corrected chi connectivity index (χ3v) is 3.32. The van der Waals surface area contributed by atoms with Crippen molar-refractivity contribution in [3.8, 4) is 5.69 Å². The second-order valence-electron chi connectivity index (χ2n) is 4.87. The predicted molar refractivity (Wildman–Crippen MR) is 79.2 cm³/mol. The molecular weight excluding hydrogens is 274 g/mol. The second-order valence-corrected chi connectivity index (χ2v) is 5.30. The summed E-state index contributed by atoms with van der Waals surface area (Å²) < 4.78 is 1.60. The van der Waals surface area contributed by atoms with Gasteiger partial charge in [0.15, 0.2) is 0 Å². The maximum Gasteiger partial charge on any atom is 0.252 e. The fourth-order valence-electron chi connectivity index (χ4n) is 2.13. The highest BCUT2D eigenvalue weighted by molar-refractivity contribution is 6.30. The Morgan fingerprint density at radius 1 is 1.35 bits per heavy atom. The van der Waals surface area contributed by atoms with E-state index in [1.54, 1.807) is 10.8 Å². The van der Waals surface area contributed by atoms with E-state index in [2.05, 4.69) is 13.8 Å². The standard InChI is InChI=1S/C15H16ClN3O/c1-9(2)11-5-3-4-6-13(11)19-8-10(16)7-12(14(19)17)15(18)20/h3-9,17H,1-2H3,(H2,18,20). The lowest BCUT2D eigenvalue weighted by Crippen LogP contribution is -2.29. The fourth-order valence-corrected chi connectivity index (χ4v) is 2.34. The van der Waals surface area contributed by atoms with Crippen LogP contribution in [0.4, 0.5) is 0 Å². The van der Waals surface area contributed by atoms with Crippen molar-refractivity contribution in [1.82, 2.24) is 4.57 Å². The van der Waals surface area contributed by atoms with Gasteiger partial charge in [-0.05, 0) is 23.6 Å². The van der Waals surface area contributed by atoms with E-state index in [0.29, 0.717) is 5.02 Å². The number of amides is 1. The number of halogens is 1. The minimum Gasteiger partial charge on any atom is -0.365 e. The molecule has 0 atom stereocenters. The van der Waals surface area contributed by atoms with Crippen LogP contribution < -0.4 is 11.2 Å². The van der Waals surface area contributed by atoms with Crippen molar-refractivity contribution in [2.75, 3.05) is 0 Å². The smallest absolute Gasteiger partial charge is 0.252 e. The number of carbonyl (C=O) groups is 1. The molecule has 3 N–H and O–H groups in total. The third kappa shape index (κ3) is 2.60. The number of nitrogens with one attached hydrogen (secondary N) is 1. The number of nitrogens with two attached hydrogens (primary N) is 1. The van der Waals surface area contributed by atoms with E-state index in [4.69, 9.17) is 22.7 Å². The molecule has 2 aromatic rings. The zero-order chi connectivity index (χ0) is 14.9. The number of rotatable bonds is 3. The van der Waals surface area contributed by atoms with Crippen molar-refractivity contribution >= 4 is 17.5 Å². The van der Waals surface area contributed by atoms with Crippen molar-refractivity contribution < 1.29 is 4.79 Å². The molecule has 4 nitrogen and oxygen atoms in total. The number of carbonyl (C=O) groups excluding carboxylic acids is 1. The van der Waals surface area contributed by atoms with Crippen LogP contribution in [-0.4, -0.2) is 10.5 Å². The molecule has 5 heteroatoms. The van der Waals surface area contributed by atoms with E-state index in [-0.39, 0.29) is 17.0 Å². The normalized spacial score (nSPS) is 10.8. The van der Waals surface area contributed by atoms with Gasteiger partial charge in [-0.15, -0.1) is 0 Å². The van der Waals surface area contributed by atoms with E-state index < -0.39 is 5.91 Å². The predicted octanol–water partition coefficient (Wildman–Crippen LogP) is 2.83. The summed E-state index contributed by atoms with van der Waals surface area (Å²) in [6.07, 6.45) is 1.62. The van der Waals surface area contributed by atoms with Gasteiger partial charge >= 0.3 is 0 Å². The van der Waals surface area contributed by atoms with Gasteiger partial charge in [-0.1, -0.05) is 43.6 Å². The summed E-state index contributed by atoms with van der Waals surface area (Å²) in [5.74, 6) is -0.373. The monoisotopic (exact) mass is 289 g/mol. The summed E-state index contributed by atoms with van der Waals surface area (Å²) in [5.41, 5.74) is 7.35. The SMILES string of the molecule is CC(C)c1ccccc1-n1cc(Cl)cc(C(N)=O)c1=N. The van der Waals surface area contributed by atoms with Crippen molar-refractivity contribution in [3.05, 3.63) is 58.2 Å². The first kappa shape index (κ1) is 14.3. The van der Waals surface area contributed by atoms with Crippen molar-refractivity contribution in [3.63, 3.8) is 0 Å². The zero-order valence-electron chi connectivity index (χ0n) is 11.4. The summed E-state index contributed by atoms with van der Waals surface area (Å²) in [6, 6.07) is 9.15. The summed E-state index contributed by atoms with van der Waals surface area (Å²) in [6.45, 7) is 4.14. The lowest BCUT2D eigenvalue weighted by Gasteiger charge is -2.16. The molecule has 2 rings (SSSR count). The number of pyridine rings is 1. The molecule has 1 aromatic heterocycles. The van der Waals surface area contributed by atoms with E-state index in [0.717, 1.165) is 11.3 Å². The number of primary amides is 1. The Morgan fingerprint density at radius 2 is 2.00 bits per heavy atom. The fraction of sp³-hybridized carbons (Fsp3) is 0.200. The Hall–Kier alpha value is -2.07. The molecule has 0 bridgehead atoms. The van der Waals surface area contributed by atoms with E-state index in [1.807, 2.05) is 24.3 Å². The molecule has 0 spiro atoms. The van der Waals surface area contributed by atoms with Gasteiger partial charge in [0.2, 0.25) is 0 Å². The van der Waals surface area contributed by atoms with Gasteiger partial charge in [0.05, 0.1) is 16.3 Å². The molecule has 0 radical (unpaired) electrons. The maximum atomic E-state index is 11.4. The van der Waals surface area contributed by atoms with Crippen LogP contribution in [0.2, 0.25) is 5.02 Å². The van der Waals surface area contributed by atoms with Gasteiger partial charge in [0.25, 0.3) is 5.91 Å². The summed E-state index contributed by atoms with van der Waals surface area (Å²) in [5, 5.41) is 8.52. The number of aromatic nitrogens is 1. The van der Waals surface area contributed by atoms with Crippen LogP contribution in [0.25, 0.3) is 5.69 Å². The molecule has 0 aliphatic heterocycles. The molecule has 0 aliphatic rings. The summed E-state index contributed by atoms with van der Waals surface area (Å²) >= 11 is 6.04. The topological polar surface area (TPSA) is 71.9 Å². The number of hydrogen-bond acceptors (Lipinski definition) is 2. The lowest BCUT2D eigenvalue weighted by atomic mass is 10.0. The first-order valence-corrected chi connectivity index (χ1v) is 6.65. The molecule has 0 unspecified atom stereocenters. The first-order valence-electron chi connectivity index (χ1n) is 6.27. The number of hydrogen-bond donors (Lipinski definition) is 2. The molecule has 20 heavy (non-hydrogen) atoms. The highest BCUT2D eigenvalue weighted by atomic mass is 35.5. The molecular formula is C15H16ClN3O. The van der Waals surface area contributed by atoms with Gasteiger partial charge in [-0.3, -0.25) is 14.8 Å². The van der Waals surface area contributed by atoms with Crippen LogP contribution in [0.1, 0.15) is 35.7 Å². The van der Waals surface area contributed by atoms with Gasteiger partial charge < -0.3 is 5.73 Å². The molecule has 0 saturated heterocycles. The van der Waals surface area contributed by atoms with Crippen LogP contribution in [0, 0.1) is 5.41 Å². The Bertz CT molecular complexity index is 719. The number of nitrogens with zero attached hydrogens (tertiary/aromatic N) is 1. The third-order valence-electron chi connectivity index (χ3n) is 3.11. The van der Waals surface area contributed by atoms with Crippen LogP contribution in [0.15, 0.2) is 36.5 Å². The maximum absolute atomic E-state index is 11.4. The Balaban J connectivity index is 2.77. The summed E-state index contributed by atoms with van der Waals surface area (Å²) in [4.78, 5) is 11.4. The highest BCUT2D eigenvalue weighted by Crippen LogP contribution is 2.22. The average Bonchev–Trinajstić information content (AvgIpc) is 2.40. The van der Waals surface area contributed by atoms with Crippen LogP contribution >= 0.6 is 11.6 Å². The van der Waals surface area contributed by atoms with Crippen LogP contribution in [-0.2, 0) is 0 Å². The van der Waals surface area contributed by atoms with Crippen LogP contribution in [0.5, 0.6) is 0 Å². The van der Waals surface area contributed by atoms with Crippen molar-refractivity contribution in [2.45, 2.75) is 19.8 Å². The van der Waals surface area contributed by atoms with E-state index in [1.165, 1.54) is 6.07 Å². The lowest BCUT2D eigenvalue weighted by molar-refractivity contribution is 0.0998. The first-order chi connectivity index (χ1) is 9.41. The Kier molecular flexibility index (Phi) is 3.95. The zero-order valence-corrected chi connectivity index (χ0v) is 12.1. The van der Waals surface area contributed by atoms with Gasteiger partial charge in [-0.25, -0.2) is 0 Å². The van der Waals surface area contributed by atoms with Gasteiger partial charge in [0.1, 0.15) is 5.49 Å². The molecule has 1 heterocycles. The Labute approximate surface area is 122 Å². The van der Waals surface area contributed by atoms with E-state index >= 15 is 0 Å². The van der Waals surface area contributed by atoms with Gasteiger partial charge in [-0.2, -0.15) is 0 Å². The number of benzene rings is 1. The second kappa shape index (κ2) is 5.51. The minimum absolute atomic E-state index is 0.0370. The minimum atomic E-state index is -0.659. The highest BCUT2D eigenvalue weighted by Gasteiger charge is 2.13. The number of para-hydroxylation sites is 1. The molecule has 0 saturated carbocycles. The molecule has 104 valence electrons. The van der Waals surface area contributed by atoms with Crippen molar-refractivity contribution in [1.29, 1.82) is 5.41 Å². The Morgan fingerprint density at radius 3 is 2.60 bits per heavy atom. The van der Waals surface area contributed by atoms with E-state index in [9.17, 15) is 4.79 Å².